The second-order valence-corrected chi connectivity index (χ2v) is 4.79. The van der Waals surface area contributed by atoms with E-state index in [0.717, 1.165) is 17.5 Å². The Bertz CT molecular complexity index is 434. The Morgan fingerprint density at radius 3 is 2.61 bits per heavy atom. The molecular weight excluding hydrogens is 233 g/mol. The third-order valence-electron chi connectivity index (χ3n) is 3.41. The fraction of sp³-hybridized carbons (Fsp3) is 0.500. The van der Waals surface area contributed by atoms with Crippen LogP contribution in [0.2, 0.25) is 0 Å². The van der Waals surface area contributed by atoms with E-state index in [9.17, 15) is 14.3 Å². The molecule has 0 heterocycles. The van der Waals surface area contributed by atoms with Gasteiger partial charge in [0.1, 0.15) is 5.82 Å². The molecule has 0 saturated carbocycles. The van der Waals surface area contributed by atoms with E-state index in [4.69, 9.17) is 5.73 Å². The van der Waals surface area contributed by atoms with E-state index in [1.165, 1.54) is 12.1 Å². The highest BCUT2D eigenvalue weighted by Crippen LogP contribution is 2.29. The summed E-state index contributed by atoms with van der Waals surface area (Å²) in [6.07, 6.45) is 1.62. The summed E-state index contributed by atoms with van der Waals surface area (Å²) in [5.74, 6) is -1.18. The molecule has 0 amide bonds. The minimum Gasteiger partial charge on any atom is -0.481 e. The second-order valence-electron chi connectivity index (χ2n) is 4.79. The van der Waals surface area contributed by atoms with Gasteiger partial charge in [0.15, 0.2) is 0 Å². The maximum atomic E-state index is 13.0. The van der Waals surface area contributed by atoms with Gasteiger partial charge in [0.2, 0.25) is 0 Å². The van der Waals surface area contributed by atoms with Crippen molar-refractivity contribution in [3.05, 3.63) is 35.1 Å². The molecule has 0 saturated heterocycles. The molecule has 0 bridgehead atoms. The van der Waals surface area contributed by atoms with Crippen LogP contribution in [0, 0.1) is 18.2 Å². The monoisotopic (exact) mass is 253 g/mol. The molecule has 0 aliphatic carbocycles. The Balaban J connectivity index is 3.06. The van der Waals surface area contributed by atoms with Gasteiger partial charge in [-0.2, -0.15) is 0 Å². The van der Waals surface area contributed by atoms with Crippen molar-refractivity contribution in [2.45, 2.75) is 33.1 Å². The fourth-order valence-electron chi connectivity index (χ4n) is 2.23. The number of carbonyl (C=O) groups is 1. The molecule has 0 aliphatic rings. The van der Waals surface area contributed by atoms with Gasteiger partial charge in [-0.05, 0) is 43.0 Å². The molecule has 0 spiro atoms. The second kappa shape index (κ2) is 5.96. The number of aliphatic carboxylic acids is 1. The summed E-state index contributed by atoms with van der Waals surface area (Å²) in [4.78, 5) is 11.5. The summed E-state index contributed by atoms with van der Waals surface area (Å²) in [7, 11) is 0. The Labute approximate surface area is 107 Å². The topological polar surface area (TPSA) is 63.3 Å². The zero-order valence-corrected chi connectivity index (χ0v) is 10.9. The number of benzene rings is 1. The van der Waals surface area contributed by atoms with Gasteiger partial charge in [0, 0.05) is 6.54 Å². The first-order valence-corrected chi connectivity index (χ1v) is 6.13. The number of hydrogen-bond acceptors (Lipinski definition) is 2. The fourth-order valence-corrected chi connectivity index (χ4v) is 2.23. The summed E-state index contributed by atoms with van der Waals surface area (Å²) >= 11 is 0. The number of hydrogen-bond donors (Lipinski definition) is 2. The summed E-state index contributed by atoms with van der Waals surface area (Å²) in [6.45, 7) is 3.81. The molecule has 100 valence electrons. The highest BCUT2D eigenvalue weighted by atomic mass is 19.1. The molecule has 1 rings (SSSR count). The molecule has 3 nitrogen and oxygen atoms in total. The lowest BCUT2D eigenvalue weighted by Crippen LogP contribution is -2.40. The molecule has 0 aliphatic heterocycles. The first kappa shape index (κ1) is 14.6. The van der Waals surface area contributed by atoms with Gasteiger partial charge >= 0.3 is 5.97 Å². The molecule has 18 heavy (non-hydrogen) atoms. The van der Waals surface area contributed by atoms with Crippen LogP contribution in [0.3, 0.4) is 0 Å². The summed E-state index contributed by atoms with van der Waals surface area (Å²) in [5.41, 5.74) is 6.33. The van der Waals surface area contributed by atoms with Crippen molar-refractivity contribution in [2.24, 2.45) is 11.1 Å². The summed E-state index contributed by atoms with van der Waals surface area (Å²) < 4.78 is 13.0. The maximum absolute atomic E-state index is 13.0. The number of carboxylic acid groups (broad SMARTS) is 1. The summed E-state index contributed by atoms with van der Waals surface area (Å²) in [5, 5.41) is 9.41. The third kappa shape index (κ3) is 3.07. The molecule has 0 fully saturated rings. The van der Waals surface area contributed by atoms with Gasteiger partial charge in [-0.15, -0.1) is 0 Å². The Kier molecular flexibility index (Phi) is 4.84. The van der Waals surface area contributed by atoms with Gasteiger partial charge in [0.05, 0.1) is 5.41 Å². The van der Waals surface area contributed by atoms with E-state index in [0.29, 0.717) is 12.8 Å². The minimum absolute atomic E-state index is 0.0903. The van der Waals surface area contributed by atoms with E-state index in [-0.39, 0.29) is 12.4 Å². The van der Waals surface area contributed by atoms with Gasteiger partial charge < -0.3 is 10.8 Å². The zero-order chi connectivity index (χ0) is 13.8. The quantitative estimate of drug-likeness (QED) is 0.818. The van der Waals surface area contributed by atoms with Crippen LogP contribution in [0.1, 0.15) is 30.9 Å². The standard InChI is InChI=1S/C14H20FNO2/c1-3-6-14(9-16,13(17)18)8-11-4-5-12(15)7-10(11)2/h4-5,7H,3,6,8-9,16H2,1-2H3,(H,17,18). The maximum Gasteiger partial charge on any atom is 0.311 e. The van der Waals surface area contributed by atoms with Crippen molar-refractivity contribution < 1.29 is 14.3 Å². The van der Waals surface area contributed by atoms with Crippen molar-refractivity contribution in [1.29, 1.82) is 0 Å². The van der Waals surface area contributed by atoms with Crippen LogP contribution < -0.4 is 5.73 Å². The average Bonchev–Trinajstić information content (AvgIpc) is 2.31. The van der Waals surface area contributed by atoms with Crippen LogP contribution >= 0.6 is 0 Å². The summed E-state index contributed by atoms with van der Waals surface area (Å²) in [6, 6.07) is 4.43. The van der Waals surface area contributed by atoms with Crippen LogP contribution in [0.15, 0.2) is 18.2 Å². The molecule has 1 aromatic carbocycles. The van der Waals surface area contributed by atoms with E-state index in [1.807, 2.05) is 6.92 Å². The van der Waals surface area contributed by atoms with Crippen molar-refractivity contribution in [2.75, 3.05) is 6.54 Å². The molecular formula is C14H20FNO2. The lowest BCUT2D eigenvalue weighted by atomic mass is 9.77. The molecule has 1 aromatic rings. The molecule has 0 radical (unpaired) electrons. The predicted molar refractivity (Wildman–Crippen MR) is 68.9 cm³/mol. The number of halogens is 1. The minimum atomic E-state index is -0.947. The number of carboxylic acids is 1. The van der Waals surface area contributed by atoms with Gasteiger partial charge in [-0.3, -0.25) is 4.79 Å². The van der Waals surface area contributed by atoms with Crippen molar-refractivity contribution >= 4 is 5.97 Å². The lowest BCUT2D eigenvalue weighted by Gasteiger charge is -2.28. The normalized spacial score (nSPS) is 14.2. The number of aryl methyl sites for hydroxylation is 1. The Hall–Kier alpha value is -1.42. The first-order valence-electron chi connectivity index (χ1n) is 6.13. The van der Waals surface area contributed by atoms with Gasteiger partial charge in [0.25, 0.3) is 0 Å². The highest BCUT2D eigenvalue weighted by Gasteiger charge is 2.36. The largest absolute Gasteiger partial charge is 0.481 e. The van der Waals surface area contributed by atoms with Crippen LogP contribution in [0.25, 0.3) is 0 Å². The van der Waals surface area contributed by atoms with E-state index >= 15 is 0 Å². The van der Waals surface area contributed by atoms with Gasteiger partial charge in [-0.1, -0.05) is 19.4 Å². The first-order chi connectivity index (χ1) is 8.45. The van der Waals surface area contributed by atoms with Crippen LogP contribution in [0.4, 0.5) is 4.39 Å². The Morgan fingerprint density at radius 2 is 2.17 bits per heavy atom. The van der Waals surface area contributed by atoms with Crippen molar-refractivity contribution in [3.63, 3.8) is 0 Å². The average molecular weight is 253 g/mol. The van der Waals surface area contributed by atoms with Crippen molar-refractivity contribution in [1.82, 2.24) is 0 Å². The molecule has 1 unspecified atom stereocenters. The van der Waals surface area contributed by atoms with Crippen LogP contribution in [-0.2, 0) is 11.2 Å². The predicted octanol–water partition coefficient (Wildman–Crippen LogP) is 2.51. The Morgan fingerprint density at radius 1 is 1.50 bits per heavy atom. The van der Waals surface area contributed by atoms with E-state index in [1.54, 1.807) is 13.0 Å². The molecule has 4 heteroatoms. The van der Waals surface area contributed by atoms with Crippen molar-refractivity contribution in [3.8, 4) is 0 Å². The number of nitrogens with two attached hydrogens (primary N) is 1. The van der Waals surface area contributed by atoms with Crippen LogP contribution in [0.5, 0.6) is 0 Å². The smallest absolute Gasteiger partial charge is 0.311 e. The van der Waals surface area contributed by atoms with Gasteiger partial charge in [-0.25, -0.2) is 4.39 Å². The molecule has 3 N–H and O–H groups in total. The van der Waals surface area contributed by atoms with E-state index < -0.39 is 11.4 Å². The lowest BCUT2D eigenvalue weighted by molar-refractivity contribution is -0.148. The third-order valence-corrected chi connectivity index (χ3v) is 3.41. The number of rotatable bonds is 6. The molecule has 1 atom stereocenters. The zero-order valence-electron chi connectivity index (χ0n) is 10.9. The molecule has 0 aromatic heterocycles. The van der Waals surface area contributed by atoms with Crippen LogP contribution in [-0.4, -0.2) is 17.6 Å². The SMILES string of the molecule is CCCC(CN)(Cc1ccc(F)cc1C)C(=O)O. The highest BCUT2D eigenvalue weighted by molar-refractivity contribution is 5.75. The van der Waals surface area contributed by atoms with E-state index in [2.05, 4.69) is 0 Å².